The van der Waals surface area contributed by atoms with Crippen LogP contribution in [0, 0.1) is 0 Å². The molecule has 2 bridgehead atoms. The molecule has 6 nitrogen and oxygen atoms in total. The fourth-order valence-corrected chi connectivity index (χ4v) is 3.61. The molecule has 25 heavy (non-hydrogen) atoms. The molecule has 3 rings (SSSR count). The number of rotatable bonds is 4. The summed E-state index contributed by atoms with van der Waals surface area (Å²) >= 11 is 0. The van der Waals surface area contributed by atoms with E-state index in [1.54, 1.807) is 24.3 Å². The second-order valence-electron chi connectivity index (χ2n) is 7.11. The van der Waals surface area contributed by atoms with Crippen molar-refractivity contribution in [2.24, 2.45) is 0 Å². The van der Waals surface area contributed by atoms with Gasteiger partial charge in [0.1, 0.15) is 0 Å². The lowest BCUT2D eigenvalue weighted by Crippen LogP contribution is -2.48. The lowest BCUT2D eigenvalue weighted by atomic mass is 9.99. The number of urea groups is 1. The van der Waals surface area contributed by atoms with Crippen LogP contribution in [0.5, 0.6) is 0 Å². The van der Waals surface area contributed by atoms with E-state index in [9.17, 15) is 9.59 Å². The van der Waals surface area contributed by atoms with Gasteiger partial charge in [-0.25, -0.2) is 4.79 Å². The van der Waals surface area contributed by atoms with Crippen molar-refractivity contribution in [2.75, 3.05) is 5.32 Å². The molecule has 1 aromatic carbocycles. The van der Waals surface area contributed by atoms with Crippen LogP contribution in [0.2, 0.25) is 0 Å². The Morgan fingerprint density at radius 1 is 1.16 bits per heavy atom. The van der Waals surface area contributed by atoms with E-state index in [4.69, 9.17) is 0 Å². The standard InChI is InChI=1S/C18H26N4O2.ClH/c1-11(2)19-18(24)22-13-5-3-4-12(8-13)17(23)21-16-9-14-6-7-15(10-16)20-14;/h3-5,8,11,14-16,20H,6-7,9-10H2,1-2H3,(H,21,23)(H2,19,22,24);1H. The summed E-state index contributed by atoms with van der Waals surface area (Å²) in [5.41, 5.74) is 1.19. The summed E-state index contributed by atoms with van der Waals surface area (Å²) in [4.78, 5) is 24.3. The van der Waals surface area contributed by atoms with Crippen LogP contribution < -0.4 is 21.3 Å². The Bertz CT molecular complexity index is 611. The molecule has 2 unspecified atom stereocenters. The van der Waals surface area contributed by atoms with Gasteiger partial charge in [0.15, 0.2) is 0 Å². The molecule has 4 N–H and O–H groups in total. The fraction of sp³-hybridized carbons (Fsp3) is 0.556. The number of fused-ring (bicyclic) bond motifs is 2. The van der Waals surface area contributed by atoms with E-state index in [0.29, 0.717) is 23.3 Å². The summed E-state index contributed by atoms with van der Waals surface area (Å²) in [7, 11) is 0. The first-order chi connectivity index (χ1) is 11.5. The first-order valence-electron chi connectivity index (χ1n) is 8.74. The Morgan fingerprint density at radius 3 is 2.48 bits per heavy atom. The van der Waals surface area contributed by atoms with Crippen LogP contribution in [0.25, 0.3) is 0 Å². The summed E-state index contributed by atoms with van der Waals surface area (Å²) in [5.74, 6) is -0.0748. The van der Waals surface area contributed by atoms with Crippen LogP contribution in [0.15, 0.2) is 24.3 Å². The van der Waals surface area contributed by atoms with Gasteiger partial charge in [-0.05, 0) is 57.7 Å². The third kappa shape index (κ3) is 5.34. The van der Waals surface area contributed by atoms with Gasteiger partial charge in [-0.2, -0.15) is 0 Å². The van der Waals surface area contributed by atoms with E-state index in [1.807, 2.05) is 13.8 Å². The van der Waals surface area contributed by atoms with E-state index in [1.165, 1.54) is 12.8 Å². The van der Waals surface area contributed by atoms with Gasteiger partial charge in [0, 0.05) is 35.4 Å². The molecule has 0 spiro atoms. The van der Waals surface area contributed by atoms with Crippen molar-refractivity contribution in [2.45, 2.75) is 63.7 Å². The zero-order chi connectivity index (χ0) is 17.1. The number of carbonyl (C=O) groups excluding carboxylic acids is 2. The van der Waals surface area contributed by atoms with Crippen molar-refractivity contribution < 1.29 is 9.59 Å². The largest absolute Gasteiger partial charge is 0.349 e. The maximum Gasteiger partial charge on any atom is 0.319 e. The zero-order valence-electron chi connectivity index (χ0n) is 14.7. The van der Waals surface area contributed by atoms with Crippen molar-refractivity contribution in [3.63, 3.8) is 0 Å². The zero-order valence-corrected chi connectivity index (χ0v) is 15.5. The lowest BCUT2D eigenvalue weighted by molar-refractivity contribution is 0.0924. The molecule has 0 aromatic heterocycles. The van der Waals surface area contributed by atoms with E-state index < -0.39 is 0 Å². The summed E-state index contributed by atoms with van der Waals surface area (Å²) in [5, 5.41) is 12.2. The van der Waals surface area contributed by atoms with E-state index in [0.717, 1.165) is 12.8 Å². The average Bonchev–Trinajstić information content (AvgIpc) is 2.85. The first-order valence-corrected chi connectivity index (χ1v) is 8.74. The number of hydrogen-bond donors (Lipinski definition) is 4. The minimum absolute atomic E-state index is 0. The number of nitrogens with one attached hydrogen (secondary N) is 4. The Morgan fingerprint density at radius 2 is 1.84 bits per heavy atom. The van der Waals surface area contributed by atoms with Gasteiger partial charge in [0.25, 0.3) is 5.91 Å². The Kier molecular flexibility index (Phi) is 6.67. The van der Waals surface area contributed by atoms with Gasteiger partial charge in [0.05, 0.1) is 0 Å². The molecular weight excluding hydrogens is 340 g/mol. The van der Waals surface area contributed by atoms with Crippen LogP contribution in [0.1, 0.15) is 49.9 Å². The molecule has 2 heterocycles. The Balaban J connectivity index is 0.00000225. The highest BCUT2D eigenvalue weighted by Crippen LogP contribution is 2.27. The molecule has 2 fully saturated rings. The summed E-state index contributed by atoms with van der Waals surface area (Å²) in [6.45, 7) is 3.80. The first kappa shape index (κ1) is 19.5. The SMILES string of the molecule is CC(C)NC(=O)Nc1cccc(C(=O)NC2CC3CCC(C2)N3)c1.Cl. The average molecular weight is 367 g/mol. The number of benzene rings is 1. The third-order valence-electron chi connectivity index (χ3n) is 4.61. The fourth-order valence-electron chi connectivity index (χ4n) is 3.61. The number of carbonyl (C=O) groups is 2. The molecule has 2 saturated heterocycles. The molecule has 0 radical (unpaired) electrons. The van der Waals surface area contributed by atoms with Crippen LogP contribution in [-0.4, -0.2) is 36.1 Å². The van der Waals surface area contributed by atoms with Crippen LogP contribution in [-0.2, 0) is 0 Å². The van der Waals surface area contributed by atoms with Gasteiger partial charge >= 0.3 is 6.03 Å². The minimum Gasteiger partial charge on any atom is -0.349 e. The van der Waals surface area contributed by atoms with E-state index >= 15 is 0 Å². The van der Waals surface area contributed by atoms with Gasteiger partial charge in [-0.15, -0.1) is 12.4 Å². The molecule has 2 atom stereocenters. The van der Waals surface area contributed by atoms with Crippen molar-refractivity contribution in [1.29, 1.82) is 0 Å². The van der Waals surface area contributed by atoms with Crippen LogP contribution >= 0.6 is 12.4 Å². The number of hydrogen-bond acceptors (Lipinski definition) is 3. The summed E-state index contributed by atoms with van der Waals surface area (Å²) in [6.07, 6.45) is 4.41. The monoisotopic (exact) mass is 366 g/mol. The van der Waals surface area contributed by atoms with Crippen molar-refractivity contribution >= 4 is 30.0 Å². The Labute approximate surface area is 154 Å². The number of piperidine rings is 1. The molecule has 2 aliphatic heterocycles. The quantitative estimate of drug-likeness (QED) is 0.661. The molecule has 3 amide bonds. The molecule has 1 aromatic rings. The summed E-state index contributed by atoms with van der Waals surface area (Å²) in [6, 6.07) is 8.17. The van der Waals surface area contributed by atoms with Gasteiger partial charge < -0.3 is 21.3 Å². The van der Waals surface area contributed by atoms with Crippen LogP contribution in [0.4, 0.5) is 10.5 Å². The maximum atomic E-state index is 12.5. The van der Waals surface area contributed by atoms with Gasteiger partial charge in [0.2, 0.25) is 0 Å². The van der Waals surface area contributed by atoms with E-state index in [-0.39, 0.29) is 36.4 Å². The van der Waals surface area contributed by atoms with Gasteiger partial charge in [-0.1, -0.05) is 6.07 Å². The topological polar surface area (TPSA) is 82.3 Å². The highest BCUT2D eigenvalue weighted by molar-refractivity contribution is 5.97. The van der Waals surface area contributed by atoms with Crippen molar-refractivity contribution in [1.82, 2.24) is 16.0 Å². The van der Waals surface area contributed by atoms with Gasteiger partial charge in [-0.3, -0.25) is 4.79 Å². The lowest BCUT2D eigenvalue weighted by Gasteiger charge is -2.29. The molecular formula is C18H27ClN4O2. The number of halogens is 1. The number of amides is 3. The highest BCUT2D eigenvalue weighted by Gasteiger charge is 2.34. The third-order valence-corrected chi connectivity index (χ3v) is 4.61. The Hall–Kier alpha value is -1.79. The van der Waals surface area contributed by atoms with E-state index in [2.05, 4.69) is 21.3 Å². The predicted octanol–water partition coefficient (Wildman–Crippen LogP) is 2.65. The number of anilines is 1. The maximum absolute atomic E-state index is 12.5. The van der Waals surface area contributed by atoms with Crippen molar-refractivity contribution in [3.05, 3.63) is 29.8 Å². The predicted molar refractivity (Wildman–Crippen MR) is 101 cm³/mol. The van der Waals surface area contributed by atoms with Crippen LogP contribution in [0.3, 0.4) is 0 Å². The second kappa shape index (κ2) is 8.54. The minimum atomic E-state index is -0.266. The molecule has 0 saturated carbocycles. The molecule has 2 aliphatic rings. The highest BCUT2D eigenvalue weighted by atomic mass is 35.5. The molecule has 0 aliphatic carbocycles. The smallest absolute Gasteiger partial charge is 0.319 e. The van der Waals surface area contributed by atoms with Crippen molar-refractivity contribution in [3.8, 4) is 0 Å². The normalized spacial score (nSPS) is 24.4. The second-order valence-corrected chi connectivity index (χ2v) is 7.11. The summed E-state index contributed by atoms with van der Waals surface area (Å²) < 4.78 is 0. The molecule has 7 heteroatoms. The molecule has 138 valence electrons.